The second-order valence-corrected chi connectivity index (χ2v) is 5.70. The van der Waals surface area contributed by atoms with Gasteiger partial charge in [0.05, 0.1) is 29.1 Å². The lowest BCUT2D eigenvalue weighted by molar-refractivity contribution is -0.116. The summed E-state index contributed by atoms with van der Waals surface area (Å²) in [6.07, 6.45) is 7.10. The molecule has 0 aliphatic carbocycles. The quantitative estimate of drug-likeness (QED) is 0.382. The molecule has 0 spiro atoms. The van der Waals surface area contributed by atoms with Gasteiger partial charge in [0, 0.05) is 35.7 Å². The fraction of sp³-hybridized carbons (Fsp3) is 0.0667. The van der Waals surface area contributed by atoms with Gasteiger partial charge in [-0.05, 0) is 18.2 Å². The number of rotatable bonds is 4. The Bertz CT molecular complexity index is 1040. The molecule has 4 aromatic heterocycles. The lowest BCUT2D eigenvalue weighted by Gasteiger charge is -2.07. The molecule has 0 radical (unpaired) electrons. The van der Waals surface area contributed by atoms with Crippen molar-refractivity contribution in [3.05, 3.63) is 49.1 Å². The van der Waals surface area contributed by atoms with Crippen molar-refractivity contribution >= 4 is 57.0 Å². The number of hydrogen-bond donors (Lipinski definition) is 2. The van der Waals surface area contributed by atoms with Gasteiger partial charge in [-0.3, -0.25) is 4.79 Å². The van der Waals surface area contributed by atoms with E-state index in [1.54, 1.807) is 17.1 Å². The van der Waals surface area contributed by atoms with E-state index in [4.69, 9.17) is 0 Å². The summed E-state index contributed by atoms with van der Waals surface area (Å²) in [6.45, 7) is 0.0841. The second kappa shape index (κ2) is 6.07. The summed E-state index contributed by atoms with van der Waals surface area (Å²) in [7, 11) is 0. The molecule has 4 aromatic rings. The van der Waals surface area contributed by atoms with Crippen molar-refractivity contribution in [3.8, 4) is 0 Å². The number of nitrogens with zero attached hydrogens (tertiary/aromatic N) is 5. The van der Waals surface area contributed by atoms with Gasteiger partial charge in [0.1, 0.15) is 18.0 Å². The van der Waals surface area contributed by atoms with E-state index in [0.717, 1.165) is 16.9 Å². The SMILES string of the molecule is O=C(Cn1ncc2ccc(NI)nc21)Nc1ccn2ccnc2c1. The lowest BCUT2D eigenvalue weighted by atomic mass is 10.3. The lowest BCUT2D eigenvalue weighted by Crippen LogP contribution is -2.19. The predicted octanol–water partition coefficient (Wildman–Crippen LogP) is 2.48. The second-order valence-electron chi connectivity index (χ2n) is 5.16. The van der Waals surface area contributed by atoms with Crippen LogP contribution in [-0.2, 0) is 11.3 Å². The topological polar surface area (TPSA) is 89.1 Å². The summed E-state index contributed by atoms with van der Waals surface area (Å²) < 4.78 is 6.41. The smallest absolute Gasteiger partial charge is 0.246 e. The minimum absolute atomic E-state index is 0.0841. The number of halogens is 1. The highest BCUT2D eigenvalue weighted by Crippen LogP contribution is 2.16. The maximum atomic E-state index is 12.3. The number of hydrogen-bond acceptors (Lipinski definition) is 5. The first-order chi connectivity index (χ1) is 11.7. The van der Waals surface area contributed by atoms with Crippen molar-refractivity contribution in [2.45, 2.75) is 6.54 Å². The zero-order valence-electron chi connectivity index (χ0n) is 12.3. The van der Waals surface area contributed by atoms with Gasteiger partial charge in [0.15, 0.2) is 5.65 Å². The molecule has 4 rings (SSSR count). The molecule has 4 heterocycles. The van der Waals surface area contributed by atoms with Crippen LogP contribution in [0, 0.1) is 0 Å². The average molecular weight is 433 g/mol. The highest BCUT2D eigenvalue weighted by atomic mass is 127. The van der Waals surface area contributed by atoms with Gasteiger partial charge in [0.2, 0.25) is 5.91 Å². The molecule has 0 saturated carbocycles. The third-order valence-corrected chi connectivity index (χ3v) is 4.11. The summed E-state index contributed by atoms with van der Waals surface area (Å²) in [5, 5.41) is 7.98. The van der Waals surface area contributed by atoms with Gasteiger partial charge < -0.3 is 13.2 Å². The van der Waals surface area contributed by atoms with E-state index in [2.05, 4.69) is 23.9 Å². The minimum Gasteiger partial charge on any atom is -0.324 e. The molecule has 0 aliphatic rings. The van der Waals surface area contributed by atoms with Crippen LogP contribution in [0.25, 0.3) is 16.7 Å². The van der Waals surface area contributed by atoms with Crippen molar-refractivity contribution in [1.82, 2.24) is 24.1 Å². The van der Waals surface area contributed by atoms with Crippen LogP contribution in [0.3, 0.4) is 0 Å². The molecule has 0 saturated heterocycles. The molecule has 9 heteroatoms. The van der Waals surface area contributed by atoms with Gasteiger partial charge in [-0.25, -0.2) is 14.6 Å². The number of carbonyl (C=O) groups is 1. The number of aromatic nitrogens is 5. The summed E-state index contributed by atoms with van der Waals surface area (Å²) in [4.78, 5) is 20.9. The van der Waals surface area contributed by atoms with Crippen LogP contribution in [0.1, 0.15) is 0 Å². The van der Waals surface area contributed by atoms with E-state index < -0.39 is 0 Å². The van der Waals surface area contributed by atoms with Gasteiger partial charge >= 0.3 is 0 Å². The zero-order chi connectivity index (χ0) is 16.5. The summed E-state index contributed by atoms with van der Waals surface area (Å²) in [6, 6.07) is 7.41. The number of imidazole rings is 1. The summed E-state index contributed by atoms with van der Waals surface area (Å²) >= 11 is 2.01. The van der Waals surface area contributed by atoms with Gasteiger partial charge in [0.25, 0.3) is 0 Å². The number of pyridine rings is 2. The van der Waals surface area contributed by atoms with Gasteiger partial charge in [-0.15, -0.1) is 0 Å². The Labute approximate surface area is 150 Å². The normalized spacial score (nSPS) is 11.0. The van der Waals surface area contributed by atoms with Crippen molar-refractivity contribution in [1.29, 1.82) is 0 Å². The molecule has 0 atom stereocenters. The molecule has 0 bridgehead atoms. The Hall–Kier alpha value is -2.69. The van der Waals surface area contributed by atoms with Crippen molar-refractivity contribution in [2.75, 3.05) is 8.85 Å². The number of fused-ring (bicyclic) bond motifs is 2. The zero-order valence-corrected chi connectivity index (χ0v) is 14.5. The Kier molecular flexibility index (Phi) is 3.76. The number of nitrogens with one attached hydrogen (secondary N) is 2. The molecule has 0 aliphatic heterocycles. The Balaban J connectivity index is 1.55. The van der Waals surface area contributed by atoms with E-state index in [1.165, 1.54) is 0 Å². The van der Waals surface area contributed by atoms with Crippen molar-refractivity contribution in [2.24, 2.45) is 0 Å². The van der Waals surface area contributed by atoms with Crippen LogP contribution in [0.5, 0.6) is 0 Å². The molecular formula is C15H12IN7O. The van der Waals surface area contributed by atoms with Crippen LogP contribution < -0.4 is 8.85 Å². The van der Waals surface area contributed by atoms with E-state index in [1.807, 2.05) is 63.9 Å². The maximum Gasteiger partial charge on any atom is 0.246 e. The standard InChI is InChI=1S/C15H12IN7O/c16-21-12-2-1-10-8-18-23(15(10)20-12)9-14(24)19-11-3-5-22-6-4-17-13(22)7-11/h1-8H,9H2,(H,19,24)(H,20,21). The van der Waals surface area contributed by atoms with Crippen LogP contribution in [0.4, 0.5) is 11.5 Å². The van der Waals surface area contributed by atoms with Gasteiger partial charge in [-0.2, -0.15) is 5.10 Å². The summed E-state index contributed by atoms with van der Waals surface area (Å²) in [5.74, 6) is 0.542. The highest BCUT2D eigenvalue weighted by Gasteiger charge is 2.10. The fourth-order valence-electron chi connectivity index (χ4n) is 2.45. The van der Waals surface area contributed by atoms with Crippen LogP contribution in [-0.4, -0.2) is 30.1 Å². The van der Waals surface area contributed by atoms with Crippen molar-refractivity contribution in [3.63, 3.8) is 0 Å². The van der Waals surface area contributed by atoms with E-state index >= 15 is 0 Å². The fourth-order valence-corrected chi connectivity index (χ4v) is 2.75. The molecule has 0 fully saturated rings. The third-order valence-electron chi connectivity index (χ3n) is 3.56. The highest BCUT2D eigenvalue weighted by molar-refractivity contribution is 14.1. The third kappa shape index (κ3) is 2.77. The van der Waals surface area contributed by atoms with Crippen LogP contribution in [0.2, 0.25) is 0 Å². The Morgan fingerprint density at radius 1 is 1.25 bits per heavy atom. The molecule has 24 heavy (non-hydrogen) atoms. The molecule has 2 N–H and O–H groups in total. The first kappa shape index (κ1) is 14.9. The van der Waals surface area contributed by atoms with Crippen LogP contribution in [0.15, 0.2) is 49.1 Å². The van der Waals surface area contributed by atoms with Crippen LogP contribution >= 0.6 is 22.9 Å². The Morgan fingerprint density at radius 2 is 2.17 bits per heavy atom. The molecule has 0 aromatic carbocycles. The van der Waals surface area contributed by atoms with E-state index in [0.29, 0.717) is 11.3 Å². The largest absolute Gasteiger partial charge is 0.324 e. The van der Waals surface area contributed by atoms with Crippen molar-refractivity contribution < 1.29 is 4.79 Å². The molecule has 8 nitrogen and oxygen atoms in total. The monoisotopic (exact) mass is 433 g/mol. The summed E-state index contributed by atoms with van der Waals surface area (Å²) in [5.41, 5.74) is 2.13. The number of amides is 1. The van der Waals surface area contributed by atoms with E-state index in [-0.39, 0.29) is 12.5 Å². The molecule has 1 amide bonds. The molecular weight excluding hydrogens is 421 g/mol. The predicted molar refractivity (Wildman–Crippen MR) is 99.0 cm³/mol. The average Bonchev–Trinajstić information content (AvgIpc) is 3.21. The first-order valence-corrected chi connectivity index (χ1v) is 8.22. The first-order valence-electron chi connectivity index (χ1n) is 7.15. The minimum atomic E-state index is -0.175. The number of carbonyl (C=O) groups excluding carboxylic acids is 1. The number of anilines is 2. The molecule has 120 valence electrons. The maximum absolute atomic E-state index is 12.3. The van der Waals surface area contributed by atoms with Gasteiger partial charge in [-0.1, -0.05) is 0 Å². The Morgan fingerprint density at radius 3 is 3.04 bits per heavy atom. The van der Waals surface area contributed by atoms with E-state index in [9.17, 15) is 4.79 Å². The molecule has 0 unspecified atom stereocenters.